The lowest BCUT2D eigenvalue weighted by atomic mass is 10.2. The summed E-state index contributed by atoms with van der Waals surface area (Å²) in [7, 11) is 0. The van der Waals surface area contributed by atoms with Gasteiger partial charge in [0.15, 0.2) is 0 Å². The van der Waals surface area contributed by atoms with Gasteiger partial charge in [0, 0.05) is 11.8 Å². The van der Waals surface area contributed by atoms with Gasteiger partial charge in [-0.2, -0.15) is 0 Å². The summed E-state index contributed by atoms with van der Waals surface area (Å²) in [6.45, 7) is 3.39. The Balaban J connectivity index is 2.11. The first-order valence-corrected chi connectivity index (χ1v) is 5.24. The molecule has 1 fully saturated rings. The number of hydrogen-bond acceptors (Lipinski definition) is 2. The van der Waals surface area contributed by atoms with Crippen molar-refractivity contribution in [3.05, 3.63) is 35.9 Å². The lowest BCUT2D eigenvalue weighted by Crippen LogP contribution is -2.13. The van der Waals surface area contributed by atoms with E-state index in [1.165, 1.54) is 5.56 Å². The van der Waals surface area contributed by atoms with Gasteiger partial charge in [0.25, 0.3) is 0 Å². The van der Waals surface area contributed by atoms with E-state index in [0.717, 1.165) is 11.8 Å². The highest BCUT2D eigenvalue weighted by molar-refractivity contribution is 8.00. The summed E-state index contributed by atoms with van der Waals surface area (Å²) in [6.07, 6.45) is 0. The van der Waals surface area contributed by atoms with Crippen molar-refractivity contribution in [1.29, 1.82) is 0 Å². The van der Waals surface area contributed by atoms with Crippen molar-refractivity contribution in [2.75, 3.05) is 6.54 Å². The summed E-state index contributed by atoms with van der Waals surface area (Å²) in [5, 5.41) is 4.75. The van der Waals surface area contributed by atoms with Crippen LogP contribution in [0, 0.1) is 0 Å². The van der Waals surface area contributed by atoms with Crippen molar-refractivity contribution in [2.24, 2.45) is 0 Å². The largest absolute Gasteiger partial charge is 0.301 e. The van der Waals surface area contributed by atoms with Crippen LogP contribution in [0.5, 0.6) is 0 Å². The van der Waals surface area contributed by atoms with Crippen LogP contribution in [0.3, 0.4) is 0 Å². The zero-order chi connectivity index (χ0) is 8.39. The van der Waals surface area contributed by atoms with Crippen LogP contribution >= 0.6 is 11.8 Å². The predicted octanol–water partition coefficient (Wildman–Crippen LogP) is 2.41. The monoisotopic (exact) mass is 179 g/mol. The van der Waals surface area contributed by atoms with E-state index >= 15 is 0 Å². The van der Waals surface area contributed by atoms with Crippen molar-refractivity contribution < 1.29 is 0 Å². The first-order chi connectivity index (χ1) is 5.86. The molecule has 0 bridgehead atoms. The molecule has 1 nitrogen and oxygen atoms in total. The van der Waals surface area contributed by atoms with Gasteiger partial charge in [-0.05, 0) is 5.56 Å². The van der Waals surface area contributed by atoms with Crippen LogP contribution in [0.4, 0.5) is 0 Å². The zero-order valence-corrected chi connectivity index (χ0v) is 7.97. The fraction of sp³-hybridized carbons (Fsp3) is 0.400. The molecule has 12 heavy (non-hydrogen) atoms. The van der Waals surface area contributed by atoms with Crippen molar-refractivity contribution in [2.45, 2.75) is 17.5 Å². The van der Waals surface area contributed by atoms with Gasteiger partial charge >= 0.3 is 0 Å². The van der Waals surface area contributed by atoms with Crippen molar-refractivity contribution in [1.82, 2.24) is 5.32 Å². The molecule has 0 saturated carbocycles. The summed E-state index contributed by atoms with van der Waals surface area (Å²) in [5.41, 5.74) is 1.40. The predicted molar refractivity (Wildman–Crippen MR) is 54.2 cm³/mol. The van der Waals surface area contributed by atoms with Crippen LogP contribution < -0.4 is 5.32 Å². The first kappa shape index (κ1) is 8.14. The normalized spacial score (nSPS) is 29.1. The Morgan fingerprint density at radius 3 is 2.67 bits per heavy atom. The number of nitrogens with one attached hydrogen (secondary N) is 1. The van der Waals surface area contributed by atoms with Crippen LogP contribution in [0.25, 0.3) is 0 Å². The van der Waals surface area contributed by atoms with E-state index in [1.807, 2.05) is 11.8 Å². The van der Waals surface area contributed by atoms with Crippen LogP contribution in [-0.4, -0.2) is 11.8 Å². The highest BCUT2D eigenvalue weighted by Gasteiger charge is 2.21. The highest BCUT2D eigenvalue weighted by atomic mass is 32.2. The maximum atomic E-state index is 3.49. The molecular formula is C10H13NS. The van der Waals surface area contributed by atoms with E-state index in [0.29, 0.717) is 5.37 Å². The first-order valence-electron chi connectivity index (χ1n) is 4.30. The number of benzene rings is 1. The smallest absolute Gasteiger partial charge is 0.0792 e. The summed E-state index contributed by atoms with van der Waals surface area (Å²) >= 11 is 2.01. The molecule has 64 valence electrons. The summed E-state index contributed by atoms with van der Waals surface area (Å²) < 4.78 is 0. The number of hydrogen-bond donors (Lipinski definition) is 1. The van der Waals surface area contributed by atoms with Crippen molar-refractivity contribution in [3.8, 4) is 0 Å². The summed E-state index contributed by atoms with van der Waals surface area (Å²) in [4.78, 5) is 0. The molecule has 2 rings (SSSR count). The van der Waals surface area contributed by atoms with Gasteiger partial charge in [0.2, 0.25) is 0 Å². The minimum atomic E-state index is 0.515. The van der Waals surface area contributed by atoms with Gasteiger partial charge in [-0.25, -0.2) is 0 Å². The Bertz CT molecular complexity index is 247. The van der Waals surface area contributed by atoms with E-state index in [-0.39, 0.29) is 0 Å². The molecule has 1 saturated heterocycles. The van der Waals surface area contributed by atoms with Gasteiger partial charge in [0.05, 0.1) is 5.37 Å². The minimum Gasteiger partial charge on any atom is -0.301 e. The van der Waals surface area contributed by atoms with Gasteiger partial charge in [-0.15, -0.1) is 11.8 Å². The van der Waals surface area contributed by atoms with Gasteiger partial charge in [-0.3, -0.25) is 0 Å². The Kier molecular flexibility index (Phi) is 2.38. The molecule has 1 heterocycles. The Morgan fingerprint density at radius 2 is 2.08 bits per heavy atom. The van der Waals surface area contributed by atoms with E-state index in [9.17, 15) is 0 Å². The molecule has 0 aromatic heterocycles. The molecule has 1 aliphatic heterocycles. The summed E-state index contributed by atoms with van der Waals surface area (Å²) in [5.74, 6) is 0. The molecule has 0 spiro atoms. The second-order valence-corrected chi connectivity index (χ2v) is 4.69. The molecule has 0 amide bonds. The van der Waals surface area contributed by atoms with Gasteiger partial charge in [-0.1, -0.05) is 37.3 Å². The fourth-order valence-electron chi connectivity index (χ4n) is 1.43. The van der Waals surface area contributed by atoms with Gasteiger partial charge < -0.3 is 5.32 Å². The van der Waals surface area contributed by atoms with Crippen LogP contribution in [0.1, 0.15) is 17.9 Å². The quantitative estimate of drug-likeness (QED) is 0.710. The van der Waals surface area contributed by atoms with E-state index in [4.69, 9.17) is 0 Å². The lowest BCUT2D eigenvalue weighted by molar-refractivity contribution is 0.718. The molecule has 1 aromatic rings. The lowest BCUT2D eigenvalue weighted by Gasteiger charge is -2.08. The SMILES string of the molecule is CC1CNC(c2ccccc2)S1. The van der Waals surface area contributed by atoms with E-state index in [1.54, 1.807) is 0 Å². The molecule has 1 aliphatic rings. The van der Waals surface area contributed by atoms with Gasteiger partial charge in [0.1, 0.15) is 0 Å². The number of rotatable bonds is 1. The summed E-state index contributed by atoms with van der Waals surface area (Å²) in [6, 6.07) is 10.6. The zero-order valence-electron chi connectivity index (χ0n) is 7.16. The molecular weight excluding hydrogens is 166 g/mol. The molecule has 0 radical (unpaired) electrons. The second-order valence-electron chi connectivity index (χ2n) is 3.15. The molecule has 1 N–H and O–H groups in total. The average molecular weight is 179 g/mol. The highest BCUT2D eigenvalue weighted by Crippen LogP contribution is 2.34. The molecule has 2 unspecified atom stereocenters. The minimum absolute atomic E-state index is 0.515. The Labute approximate surface area is 77.6 Å². The standard InChI is InChI=1S/C10H13NS/c1-8-7-11-10(12-8)9-5-3-2-4-6-9/h2-6,8,10-11H,7H2,1H3. The van der Waals surface area contributed by atoms with Crippen molar-refractivity contribution >= 4 is 11.8 Å². The third kappa shape index (κ3) is 1.65. The molecule has 2 heteroatoms. The number of thioether (sulfide) groups is 1. The second kappa shape index (κ2) is 3.50. The maximum absolute atomic E-state index is 3.49. The van der Waals surface area contributed by atoms with E-state index < -0.39 is 0 Å². The molecule has 1 aromatic carbocycles. The maximum Gasteiger partial charge on any atom is 0.0792 e. The van der Waals surface area contributed by atoms with E-state index in [2.05, 4.69) is 42.6 Å². The molecule has 0 aliphatic carbocycles. The third-order valence-electron chi connectivity index (χ3n) is 2.06. The average Bonchev–Trinajstić information content (AvgIpc) is 2.54. The molecule has 2 atom stereocenters. The van der Waals surface area contributed by atoms with Crippen LogP contribution in [0.15, 0.2) is 30.3 Å². The topological polar surface area (TPSA) is 12.0 Å². The van der Waals surface area contributed by atoms with Crippen molar-refractivity contribution in [3.63, 3.8) is 0 Å². The van der Waals surface area contributed by atoms with Crippen LogP contribution in [-0.2, 0) is 0 Å². The Morgan fingerprint density at radius 1 is 1.33 bits per heavy atom. The third-order valence-corrected chi connectivity index (χ3v) is 3.40. The van der Waals surface area contributed by atoms with Crippen LogP contribution in [0.2, 0.25) is 0 Å². The Hall–Kier alpha value is -0.470. The fourth-order valence-corrected chi connectivity index (χ4v) is 2.59.